The number of hydrogen-bond acceptors (Lipinski definition) is 2. The van der Waals surface area contributed by atoms with E-state index < -0.39 is 0 Å². The highest BCUT2D eigenvalue weighted by Gasteiger charge is 2.09. The van der Waals surface area contributed by atoms with Crippen LogP contribution in [0.25, 0.3) is 21.7 Å². The standard InChI is InChI=1S/C17H14N2/c1-11(2)12-7-8-15-13-5-3-4-6-14(13)17(10-18)19-16(15)9-12/h3-9,11H,1-2H3. The molecule has 0 N–H and O–H groups in total. The zero-order valence-electron chi connectivity index (χ0n) is 11.0. The summed E-state index contributed by atoms with van der Waals surface area (Å²) in [6.07, 6.45) is 0. The number of rotatable bonds is 1. The van der Waals surface area contributed by atoms with Crippen molar-refractivity contribution in [3.8, 4) is 6.07 Å². The summed E-state index contributed by atoms with van der Waals surface area (Å²) in [5.41, 5.74) is 2.66. The summed E-state index contributed by atoms with van der Waals surface area (Å²) in [4.78, 5) is 4.50. The van der Waals surface area contributed by atoms with E-state index in [1.807, 2.05) is 18.2 Å². The molecule has 0 bridgehead atoms. The van der Waals surface area contributed by atoms with Gasteiger partial charge >= 0.3 is 0 Å². The Morgan fingerprint density at radius 1 is 1.00 bits per heavy atom. The van der Waals surface area contributed by atoms with E-state index in [1.54, 1.807) is 0 Å². The fraction of sp³-hybridized carbons (Fsp3) is 0.176. The predicted molar refractivity (Wildman–Crippen MR) is 78.1 cm³/mol. The molecule has 2 heteroatoms. The van der Waals surface area contributed by atoms with Crippen molar-refractivity contribution in [2.75, 3.05) is 0 Å². The molecular formula is C17H14N2. The molecule has 0 aliphatic heterocycles. The lowest BCUT2D eigenvalue weighted by Crippen LogP contribution is -1.92. The topological polar surface area (TPSA) is 36.7 Å². The van der Waals surface area contributed by atoms with E-state index >= 15 is 0 Å². The highest BCUT2D eigenvalue weighted by atomic mass is 14.7. The molecule has 3 aromatic rings. The molecule has 1 heterocycles. The zero-order chi connectivity index (χ0) is 13.4. The summed E-state index contributed by atoms with van der Waals surface area (Å²) in [7, 11) is 0. The molecule has 19 heavy (non-hydrogen) atoms. The van der Waals surface area contributed by atoms with E-state index in [4.69, 9.17) is 0 Å². The molecule has 92 valence electrons. The highest BCUT2D eigenvalue weighted by Crippen LogP contribution is 2.28. The lowest BCUT2D eigenvalue weighted by atomic mass is 9.98. The van der Waals surface area contributed by atoms with E-state index in [0.29, 0.717) is 11.6 Å². The SMILES string of the molecule is CC(C)c1ccc2c(c1)nc(C#N)c1ccccc12. The Labute approximate surface area is 112 Å². The number of nitriles is 1. The van der Waals surface area contributed by atoms with Gasteiger partial charge in [0.1, 0.15) is 11.8 Å². The number of benzene rings is 2. The van der Waals surface area contributed by atoms with Crippen LogP contribution in [0.5, 0.6) is 0 Å². The number of hydrogen-bond donors (Lipinski definition) is 0. The van der Waals surface area contributed by atoms with Gasteiger partial charge in [-0.3, -0.25) is 0 Å². The predicted octanol–water partition coefficient (Wildman–Crippen LogP) is 4.38. The van der Waals surface area contributed by atoms with Crippen LogP contribution in [0, 0.1) is 11.3 Å². The summed E-state index contributed by atoms with van der Waals surface area (Å²) in [6.45, 7) is 4.32. The van der Waals surface area contributed by atoms with Gasteiger partial charge in [-0.1, -0.05) is 50.2 Å². The summed E-state index contributed by atoms with van der Waals surface area (Å²) in [5.74, 6) is 0.461. The first-order valence-electron chi connectivity index (χ1n) is 6.43. The quantitative estimate of drug-likeness (QED) is 0.597. The summed E-state index contributed by atoms with van der Waals surface area (Å²) < 4.78 is 0. The third-order valence-electron chi connectivity index (χ3n) is 3.50. The van der Waals surface area contributed by atoms with E-state index in [-0.39, 0.29) is 0 Å². The first kappa shape index (κ1) is 11.7. The number of aromatic nitrogens is 1. The van der Waals surface area contributed by atoms with E-state index in [1.165, 1.54) is 5.56 Å². The van der Waals surface area contributed by atoms with Crippen LogP contribution in [0.1, 0.15) is 31.0 Å². The highest BCUT2D eigenvalue weighted by molar-refractivity contribution is 6.07. The van der Waals surface area contributed by atoms with Gasteiger partial charge in [0.25, 0.3) is 0 Å². The van der Waals surface area contributed by atoms with Gasteiger partial charge in [0, 0.05) is 10.8 Å². The van der Waals surface area contributed by atoms with Crippen molar-refractivity contribution in [1.29, 1.82) is 5.26 Å². The van der Waals surface area contributed by atoms with Gasteiger partial charge < -0.3 is 0 Å². The second-order valence-electron chi connectivity index (χ2n) is 5.05. The molecule has 1 aromatic heterocycles. The molecule has 0 aliphatic rings. The Kier molecular flexibility index (Phi) is 2.68. The van der Waals surface area contributed by atoms with E-state index in [9.17, 15) is 5.26 Å². The number of fused-ring (bicyclic) bond motifs is 3. The average molecular weight is 246 g/mol. The second kappa shape index (κ2) is 4.37. The smallest absolute Gasteiger partial charge is 0.149 e. The molecule has 0 atom stereocenters. The third kappa shape index (κ3) is 1.84. The van der Waals surface area contributed by atoms with E-state index in [2.05, 4.69) is 49.2 Å². The fourth-order valence-corrected chi connectivity index (χ4v) is 2.42. The van der Waals surface area contributed by atoms with Crippen molar-refractivity contribution < 1.29 is 0 Å². The molecule has 0 aliphatic carbocycles. The molecule has 0 amide bonds. The van der Waals surface area contributed by atoms with Crippen LogP contribution < -0.4 is 0 Å². The number of nitrogens with zero attached hydrogens (tertiary/aromatic N) is 2. The van der Waals surface area contributed by atoms with Crippen molar-refractivity contribution >= 4 is 21.7 Å². The molecular weight excluding hydrogens is 232 g/mol. The fourth-order valence-electron chi connectivity index (χ4n) is 2.42. The largest absolute Gasteiger partial charge is 0.236 e. The Morgan fingerprint density at radius 3 is 2.42 bits per heavy atom. The van der Waals surface area contributed by atoms with Gasteiger partial charge in [-0.15, -0.1) is 0 Å². The van der Waals surface area contributed by atoms with E-state index in [0.717, 1.165) is 21.7 Å². The maximum absolute atomic E-state index is 9.26. The Bertz CT molecular complexity index is 810. The molecule has 0 unspecified atom stereocenters. The van der Waals surface area contributed by atoms with Crippen LogP contribution in [0.3, 0.4) is 0 Å². The minimum absolute atomic E-state index is 0.461. The normalized spacial score (nSPS) is 11.1. The average Bonchev–Trinajstić information content (AvgIpc) is 2.45. The summed E-state index contributed by atoms with van der Waals surface area (Å²) >= 11 is 0. The van der Waals surface area contributed by atoms with Crippen molar-refractivity contribution in [2.45, 2.75) is 19.8 Å². The van der Waals surface area contributed by atoms with Crippen molar-refractivity contribution in [1.82, 2.24) is 4.98 Å². The van der Waals surface area contributed by atoms with Crippen molar-refractivity contribution in [3.63, 3.8) is 0 Å². The first-order chi connectivity index (χ1) is 9.20. The molecule has 0 radical (unpaired) electrons. The molecule has 0 saturated heterocycles. The lowest BCUT2D eigenvalue weighted by Gasteiger charge is -2.09. The van der Waals surface area contributed by atoms with Crippen molar-refractivity contribution in [3.05, 3.63) is 53.7 Å². The van der Waals surface area contributed by atoms with Gasteiger partial charge in [-0.2, -0.15) is 5.26 Å². The second-order valence-corrected chi connectivity index (χ2v) is 5.05. The Hall–Kier alpha value is -2.40. The van der Waals surface area contributed by atoms with Crippen molar-refractivity contribution in [2.24, 2.45) is 0 Å². The zero-order valence-corrected chi connectivity index (χ0v) is 11.0. The van der Waals surface area contributed by atoms with Gasteiger partial charge in [-0.05, 0) is 22.9 Å². The number of pyridine rings is 1. The van der Waals surface area contributed by atoms with Gasteiger partial charge in [0.2, 0.25) is 0 Å². The van der Waals surface area contributed by atoms with Crippen LogP contribution in [0.2, 0.25) is 0 Å². The first-order valence-corrected chi connectivity index (χ1v) is 6.43. The maximum atomic E-state index is 9.26. The molecule has 3 rings (SSSR count). The molecule has 2 nitrogen and oxygen atoms in total. The van der Waals surface area contributed by atoms with Crippen LogP contribution >= 0.6 is 0 Å². The molecule has 2 aromatic carbocycles. The van der Waals surface area contributed by atoms with Gasteiger partial charge in [0.05, 0.1) is 5.52 Å². The van der Waals surface area contributed by atoms with Crippen LogP contribution in [0.15, 0.2) is 42.5 Å². The third-order valence-corrected chi connectivity index (χ3v) is 3.50. The van der Waals surface area contributed by atoms with Gasteiger partial charge in [0.15, 0.2) is 0 Å². The van der Waals surface area contributed by atoms with Crippen LogP contribution in [-0.2, 0) is 0 Å². The van der Waals surface area contributed by atoms with Crippen LogP contribution in [0.4, 0.5) is 0 Å². The monoisotopic (exact) mass is 246 g/mol. The Morgan fingerprint density at radius 2 is 1.74 bits per heavy atom. The maximum Gasteiger partial charge on any atom is 0.149 e. The minimum Gasteiger partial charge on any atom is -0.236 e. The lowest BCUT2D eigenvalue weighted by molar-refractivity contribution is 0.868. The Balaban J connectivity index is 2.46. The minimum atomic E-state index is 0.461. The molecule has 0 saturated carbocycles. The molecule has 0 spiro atoms. The van der Waals surface area contributed by atoms with Gasteiger partial charge in [-0.25, -0.2) is 4.98 Å². The molecule has 0 fully saturated rings. The van der Waals surface area contributed by atoms with Crippen LogP contribution in [-0.4, -0.2) is 4.98 Å². The summed E-state index contributed by atoms with van der Waals surface area (Å²) in [5, 5.41) is 12.4. The summed E-state index contributed by atoms with van der Waals surface area (Å²) in [6, 6.07) is 16.5.